The van der Waals surface area contributed by atoms with Gasteiger partial charge < -0.3 is 18.7 Å². The van der Waals surface area contributed by atoms with Crippen LogP contribution in [0.3, 0.4) is 0 Å². The third-order valence-electron chi connectivity index (χ3n) is 9.73. The van der Waals surface area contributed by atoms with E-state index in [4.69, 9.17) is 13.9 Å². The Morgan fingerprint density at radius 2 is 1.07 bits per heavy atom. The SMILES string of the molecule is CC(=O)C[C@@H](CCCC1CCCCC1)c1nc(C(C)=O)c(C)o1.CC(=O)c1nc([C@H](CCCC2CCCCC2)CC(=O)O)oc1C. The van der Waals surface area contributed by atoms with E-state index in [0.717, 1.165) is 43.9 Å². The maximum atomic E-state index is 11.6. The monoisotopic (exact) mass is 640 g/mol. The maximum absolute atomic E-state index is 11.6. The maximum Gasteiger partial charge on any atom is 0.304 e. The van der Waals surface area contributed by atoms with Crippen LogP contribution in [0.4, 0.5) is 0 Å². The number of carboxylic acids is 1. The Morgan fingerprint density at radius 1 is 0.674 bits per heavy atom. The van der Waals surface area contributed by atoms with Crippen molar-refractivity contribution in [1.29, 1.82) is 0 Å². The van der Waals surface area contributed by atoms with Crippen molar-refractivity contribution in [3.05, 3.63) is 34.7 Å². The van der Waals surface area contributed by atoms with E-state index in [2.05, 4.69) is 9.97 Å². The van der Waals surface area contributed by atoms with E-state index in [-0.39, 0.29) is 35.6 Å². The fourth-order valence-electron chi connectivity index (χ4n) is 7.28. The molecule has 0 aliphatic heterocycles. The Balaban J connectivity index is 0.000000250. The number of hydrogen-bond acceptors (Lipinski definition) is 8. The van der Waals surface area contributed by atoms with Gasteiger partial charge in [0, 0.05) is 32.1 Å². The summed E-state index contributed by atoms with van der Waals surface area (Å²) in [6.07, 6.45) is 20.0. The van der Waals surface area contributed by atoms with E-state index in [1.807, 2.05) is 0 Å². The van der Waals surface area contributed by atoms with Gasteiger partial charge in [-0.1, -0.05) is 89.9 Å². The van der Waals surface area contributed by atoms with Crippen molar-refractivity contribution in [2.75, 3.05) is 0 Å². The summed E-state index contributed by atoms with van der Waals surface area (Å²) >= 11 is 0. The Bertz CT molecular complexity index is 1180. The summed E-state index contributed by atoms with van der Waals surface area (Å²) in [6.45, 7) is 8.02. The number of Topliss-reactive ketones (excluding diaryl/α,β-unsaturated/α-hetero) is 3. The average Bonchev–Trinajstić information content (AvgIpc) is 3.60. The zero-order valence-corrected chi connectivity index (χ0v) is 28.8. The standard InChI is InChI=1S/C19H29NO3.C18H27NO4/c1-13(21)12-17(11-7-10-16-8-5-4-6-9-16)19-20-18(14(2)22)15(3)23-19;1-12(20)17-13(2)23-18(19-17)15(11-16(21)22)10-6-9-14-7-4-3-5-8-14/h16-17H,4-12H2,1-3H3;14-15H,3-11H2,1-2H3,(H,21,22)/t17-;15-/m11/s1. The number of aryl methyl sites for hydroxylation is 2. The van der Waals surface area contributed by atoms with Crippen molar-refractivity contribution in [2.24, 2.45) is 11.8 Å². The lowest BCUT2D eigenvalue weighted by molar-refractivity contribution is -0.137. The smallest absolute Gasteiger partial charge is 0.304 e. The van der Waals surface area contributed by atoms with Gasteiger partial charge in [0.1, 0.15) is 28.7 Å². The second-order valence-electron chi connectivity index (χ2n) is 13.8. The van der Waals surface area contributed by atoms with Crippen LogP contribution in [0.1, 0.15) is 192 Å². The Kier molecular flexibility index (Phi) is 15.3. The first kappa shape index (κ1) is 37.4. The van der Waals surface area contributed by atoms with Crippen molar-refractivity contribution in [3.63, 3.8) is 0 Å². The quantitative estimate of drug-likeness (QED) is 0.178. The highest BCUT2D eigenvalue weighted by molar-refractivity contribution is 5.93. The van der Waals surface area contributed by atoms with Gasteiger partial charge in [0.05, 0.1) is 6.42 Å². The Morgan fingerprint density at radius 3 is 1.39 bits per heavy atom. The lowest BCUT2D eigenvalue weighted by atomic mass is 9.84. The molecular weight excluding hydrogens is 584 g/mol. The predicted octanol–water partition coefficient (Wildman–Crippen LogP) is 9.49. The van der Waals surface area contributed by atoms with Gasteiger partial charge in [-0.2, -0.15) is 0 Å². The fraction of sp³-hybridized carbons (Fsp3) is 0.730. The molecule has 0 unspecified atom stereocenters. The number of oxazole rings is 2. The van der Waals surface area contributed by atoms with Crippen LogP contribution in [0.5, 0.6) is 0 Å². The third kappa shape index (κ3) is 12.3. The van der Waals surface area contributed by atoms with Gasteiger partial charge in [-0.3, -0.25) is 14.4 Å². The molecule has 2 aliphatic rings. The number of hydrogen-bond donors (Lipinski definition) is 1. The van der Waals surface area contributed by atoms with E-state index >= 15 is 0 Å². The van der Waals surface area contributed by atoms with E-state index < -0.39 is 5.97 Å². The van der Waals surface area contributed by atoms with Crippen LogP contribution in [-0.4, -0.2) is 38.4 Å². The van der Waals surface area contributed by atoms with Gasteiger partial charge in [0.2, 0.25) is 0 Å². The van der Waals surface area contributed by atoms with Crippen molar-refractivity contribution in [2.45, 2.75) is 162 Å². The minimum absolute atomic E-state index is 0.00195. The molecule has 9 heteroatoms. The molecule has 0 amide bonds. The van der Waals surface area contributed by atoms with Gasteiger partial charge in [0.25, 0.3) is 0 Å². The summed E-state index contributed by atoms with van der Waals surface area (Å²) in [4.78, 5) is 54.4. The highest BCUT2D eigenvalue weighted by atomic mass is 16.4. The van der Waals surface area contributed by atoms with Crippen LogP contribution in [0.2, 0.25) is 0 Å². The number of aromatic nitrogens is 2. The molecular formula is C37H56N2O7. The molecule has 4 rings (SSSR count). The number of carboxylic acid groups (broad SMARTS) is 1. The Labute approximate surface area is 274 Å². The largest absolute Gasteiger partial charge is 0.481 e. The highest BCUT2D eigenvalue weighted by Crippen LogP contribution is 2.33. The molecule has 1 N–H and O–H groups in total. The summed E-state index contributed by atoms with van der Waals surface area (Å²) in [6, 6.07) is 0. The van der Waals surface area contributed by atoms with Gasteiger partial charge in [-0.25, -0.2) is 9.97 Å². The number of rotatable bonds is 16. The van der Waals surface area contributed by atoms with Crippen LogP contribution >= 0.6 is 0 Å². The van der Waals surface area contributed by atoms with Crippen LogP contribution < -0.4 is 0 Å². The summed E-state index contributed by atoms with van der Waals surface area (Å²) in [5, 5.41) is 9.14. The molecule has 2 atom stereocenters. The number of aliphatic carboxylic acids is 1. The molecule has 46 heavy (non-hydrogen) atoms. The summed E-state index contributed by atoms with van der Waals surface area (Å²) in [5.74, 6) is 2.46. The molecule has 0 saturated heterocycles. The first-order valence-electron chi connectivity index (χ1n) is 17.6. The number of ketones is 3. The third-order valence-corrected chi connectivity index (χ3v) is 9.73. The molecule has 2 aromatic rings. The first-order valence-corrected chi connectivity index (χ1v) is 17.6. The molecule has 2 heterocycles. The molecule has 9 nitrogen and oxygen atoms in total. The minimum Gasteiger partial charge on any atom is -0.481 e. The molecule has 0 bridgehead atoms. The summed E-state index contributed by atoms with van der Waals surface area (Å²) in [7, 11) is 0. The van der Waals surface area contributed by atoms with Crippen molar-refractivity contribution in [1.82, 2.24) is 9.97 Å². The van der Waals surface area contributed by atoms with Crippen LogP contribution in [0.15, 0.2) is 8.83 Å². The van der Waals surface area contributed by atoms with Crippen molar-refractivity contribution >= 4 is 23.3 Å². The van der Waals surface area contributed by atoms with E-state index in [1.54, 1.807) is 20.8 Å². The number of nitrogens with zero attached hydrogens (tertiary/aromatic N) is 2. The second kappa shape index (κ2) is 18.9. The average molecular weight is 641 g/mol. The number of carbonyl (C=O) groups excluding carboxylic acids is 3. The minimum atomic E-state index is -0.854. The predicted molar refractivity (Wildman–Crippen MR) is 176 cm³/mol. The van der Waals surface area contributed by atoms with E-state index in [9.17, 15) is 19.2 Å². The van der Waals surface area contributed by atoms with Gasteiger partial charge in [-0.15, -0.1) is 0 Å². The van der Waals surface area contributed by atoms with Gasteiger partial charge in [-0.05, 0) is 45.4 Å². The van der Waals surface area contributed by atoms with E-state index in [0.29, 0.717) is 41.1 Å². The zero-order chi connectivity index (χ0) is 33.6. The number of carbonyl (C=O) groups is 4. The molecule has 256 valence electrons. The van der Waals surface area contributed by atoms with Crippen LogP contribution in [-0.2, 0) is 9.59 Å². The van der Waals surface area contributed by atoms with Crippen molar-refractivity contribution in [3.8, 4) is 0 Å². The molecule has 2 fully saturated rings. The molecule has 0 spiro atoms. The first-order chi connectivity index (χ1) is 21.9. The summed E-state index contributed by atoms with van der Waals surface area (Å²) < 4.78 is 11.3. The molecule has 0 radical (unpaired) electrons. The topological polar surface area (TPSA) is 141 Å². The fourth-order valence-corrected chi connectivity index (χ4v) is 7.28. The van der Waals surface area contributed by atoms with Crippen molar-refractivity contribution < 1.29 is 33.1 Å². The lowest BCUT2D eigenvalue weighted by Gasteiger charge is -2.22. The zero-order valence-electron chi connectivity index (χ0n) is 28.8. The van der Waals surface area contributed by atoms with Gasteiger partial charge >= 0.3 is 5.97 Å². The normalized spacial score (nSPS) is 17.2. The molecule has 0 aromatic carbocycles. The molecule has 2 aromatic heterocycles. The van der Waals surface area contributed by atoms with Crippen LogP contribution in [0, 0.1) is 25.7 Å². The summed E-state index contributed by atoms with van der Waals surface area (Å²) in [5.41, 5.74) is 0.725. The van der Waals surface area contributed by atoms with Gasteiger partial charge in [0.15, 0.2) is 23.3 Å². The molecule has 2 aliphatic carbocycles. The lowest BCUT2D eigenvalue weighted by Crippen LogP contribution is -2.10. The Hall–Kier alpha value is -3.10. The second-order valence-corrected chi connectivity index (χ2v) is 13.8. The highest BCUT2D eigenvalue weighted by Gasteiger charge is 2.25. The molecule has 2 saturated carbocycles. The van der Waals surface area contributed by atoms with E-state index in [1.165, 1.54) is 84.5 Å². The van der Waals surface area contributed by atoms with Crippen LogP contribution in [0.25, 0.3) is 0 Å².